The van der Waals surface area contributed by atoms with E-state index in [-0.39, 0.29) is 17.0 Å². The van der Waals surface area contributed by atoms with E-state index < -0.39 is 45.3 Å². The average Bonchev–Trinajstić information content (AvgIpc) is 2.85. The Hall–Kier alpha value is -2.73. The van der Waals surface area contributed by atoms with Crippen LogP contribution in [0, 0.1) is 10.1 Å². The summed E-state index contributed by atoms with van der Waals surface area (Å²) in [4.78, 5) is 32.7. The molecule has 11 nitrogen and oxygen atoms in total. The molecule has 1 saturated heterocycles. The van der Waals surface area contributed by atoms with Gasteiger partial charge in [-0.05, 0) is 19.1 Å². The first-order valence-electron chi connectivity index (χ1n) is 6.89. The molecule has 0 aromatic heterocycles. The van der Waals surface area contributed by atoms with Gasteiger partial charge in [-0.3, -0.25) is 19.2 Å². The Bertz CT molecular complexity index is 820. The topological polar surface area (TPSA) is 164 Å². The maximum Gasteiger partial charge on any atom is 0.408 e. The van der Waals surface area contributed by atoms with Gasteiger partial charge in [0.25, 0.3) is 15.8 Å². The molecular weight excluding hydrogens is 360 g/mol. The number of nitro groups is 1. The molecule has 0 radical (unpaired) electrons. The maximum atomic E-state index is 12.2. The zero-order valence-corrected chi connectivity index (χ0v) is 13.7. The lowest BCUT2D eigenvalue weighted by Crippen LogP contribution is -2.50. The molecule has 12 heteroatoms. The van der Waals surface area contributed by atoms with Crippen molar-refractivity contribution in [1.29, 1.82) is 0 Å². The van der Waals surface area contributed by atoms with Gasteiger partial charge in [0.2, 0.25) is 0 Å². The molecule has 2 rings (SSSR count). The molecule has 1 aromatic rings. The Morgan fingerprint density at radius 2 is 1.88 bits per heavy atom. The minimum Gasteiger partial charge on any atom is -0.480 e. The van der Waals surface area contributed by atoms with Crippen molar-refractivity contribution in [3.05, 3.63) is 34.4 Å². The first-order valence-corrected chi connectivity index (χ1v) is 8.30. The minimum atomic E-state index is -4.35. The number of aliphatic carboxylic acids is 1. The number of hydrogen-bond acceptors (Lipinski definition) is 7. The number of carboxylic acid groups (broad SMARTS) is 2. The number of hydrogen-bond donors (Lipinski definition) is 2. The van der Waals surface area contributed by atoms with Gasteiger partial charge >= 0.3 is 12.1 Å². The number of benzene rings is 1. The summed E-state index contributed by atoms with van der Waals surface area (Å²) in [5.41, 5.74) is -2.13. The standard InChI is InChI=1S/C13H14N2O9S/c1-13(11(16)17)6-9(7-14(13)12(18)19)24-25(22,23)10-4-2-8(3-5-10)15(20)21/h2-5,9H,6-7H2,1H3,(H,16,17)(H,18,19)/t9-,13-/m0/s1. The monoisotopic (exact) mass is 374 g/mol. The van der Waals surface area contributed by atoms with E-state index >= 15 is 0 Å². The van der Waals surface area contributed by atoms with Crippen molar-refractivity contribution in [3.8, 4) is 0 Å². The Labute approximate surface area is 141 Å². The second kappa shape index (κ2) is 6.29. The third-order valence-electron chi connectivity index (χ3n) is 3.90. The molecule has 0 spiro atoms. The summed E-state index contributed by atoms with van der Waals surface area (Å²) in [6.07, 6.45) is -3.07. The maximum absolute atomic E-state index is 12.2. The van der Waals surface area contributed by atoms with E-state index in [1.54, 1.807) is 0 Å². The van der Waals surface area contributed by atoms with E-state index in [0.29, 0.717) is 4.90 Å². The molecule has 25 heavy (non-hydrogen) atoms. The van der Waals surface area contributed by atoms with E-state index in [2.05, 4.69) is 0 Å². The zero-order chi connectivity index (χ0) is 19.0. The molecular formula is C13H14N2O9S. The lowest BCUT2D eigenvalue weighted by Gasteiger charge is -2.27. The zero-order valence-electron chi connectivity index (χ0n) is 12.9. The van der Waals surface area contributed by atoms with Gasteiger partial charge in [-0.15, -0.1) is 0 Å². The van der Waals surface area contributed by atoms with Gasteiger partial charge in [-0.25, -0.2) is 9.59 Å². The normalized spacial score (nSPS) is 23.4. The summed E-state index contributed by atoms with van der Waals surface area (Å²) in [7, 11) is -4.35. The van der Waals surface area contributed by atoms with Crippen LogP contribution in [0.15, 0.2) is 29.2 Å². The largest absolute Gasteiger partial charge is 0.480 e. The summed E-state index contributed by atoms with van der Waals surface area (Å²) < 4.78 is 29.4. The van der Waals surface area contributed by atoms with Gasteiger partial charge in [-0.2, -0.15) is 8.42 Å². The van der Waals surface area contributed by atoms with Crippen LogP contribution in [0.2, 0.25) is 0 Å². The Morgan fingerprint density at radius 3 is 2.28 bits per heavy atom. The number of rotatable bonds is 5. The van der Waals surface area contributed by atoms with Gasteiger partial charge in [0.1, 0.15) is 5.54 Å². The predicted molar refractivity (Wildman–Crippen MR) is 80.5 cm³/mol. The summed E-state index contributed by atoms with van der Waals surface area (Å²) in [6, 6.07) is 3.92. The number of non-ortho nitro benzene ring substituents is 1. The van der Waals surface area contributed by atoms with E-state index in [1.807, 2.05) is 0 Å². The van der Waals surface area contributed by atoms with Crippen LogP contribution in [0.4, 0.5) is 10.5 Å². The molecule has 136 valence electrons. The predicted octanol–water partition coefficient (Wildman–Crippen LogP) is 0.896. The van der Waals surface area contributed by atoms with Gasteiger partial charge in [0, 0.05) is 18.6 Å². The van der Waals surface area contributed by atoms with E-state index in [0.717, 1.165) is 31.2 Å². The van der Waals surface area contributed by atoms with Crippen LogP contribution in [0.5, 0.6) is 0 Å². The smallest absolute Gasteiger partial charge is 0.408 e. The van der Waals surface area contributed by atoms with Gasteiger partial charge < -0.3 is 10.2 Å². The highest BCUT2D eigenvalue weighted by molar-refractivity contribution is 7.86. The van der Waals surface area contributed by atoms with Crippen molar-refractivity contribution in [2.45, 2.75) is 29.9 Å². The molecule has 0 aliphatic carbocycles. The second-order valence-electron chi connectivity index (χ2n) is 5.60. The molecule has 1 aliphatic heterocycles. The van der Waals surface area contributed by atoms with Gasteiger partial charge in [-0.1, -0.05) is 0 Å². The molecule has 1 aromatic carbocycles. The molecule has 1 fully saturated rings. The molecule has 0 unspecified atom stereocenters. The fraction of sp³-hybridized carbons (Fsp3) is 0.385. The molecule has 0 saturated carbocycles. The summed E-state index contributed by atoms with van der Waals surface area (Å²) in [6.45, 7) is 0.718. The summed E-state index contributed by atoms with van der Waals surface area (Å²) >= 11 is 0. The van der Waals surface area contributed by atoms with Crippen LogP contribution >= 0.6 is 0 Å². The van der Waals surface area contributed by atoms with Crippen LogP contribution in [0.3, 0.4) is 0 Å². The van der Waals surface area contributed by atoms with Crippen molar-refractivity contribution in [1.82, 2.24) is 4.90 Å². The first kappa shape index (κ1) is 18.6. The van der Waals surface area contributed by atoms with Crippen molar-refractivity contribution in [2.24, 2.45) is 0 Å². The first-order chi connectivity index (χ1) is 11.5. The quantitative estimate of drug-likeness (QED) is 0.432. The van der Waals surface area contributed by atoms with E-state index in [9.17, 15) is 33.2 Å². The lowest BCUT2D eigenvalue weighted by molar-refractivity contribution is -0.384. The fourth-order valence-corrected chi connectivity index (χ4v) is 3.62. The van der Waals surface area contributed by atoms with Crippen LogP contribution < -0.4 is 0 Å². The van der Waals surface area contributed by atoms with Crippen LogP contribution in [-0.2, 0) is 19.1 Å². The van der Waals surface area contributed by atoms with E-state index in [1.165, 1.54) is 0 Å². The Balaban J connectivity index is 2.22. The number of carbonyl (C=O) groups is 2. The van der Waals surface area contributed by atoms with Crippen molar-refractivity contribution in [3.63, 3.8) is 0 Å². The van der Waals surface area contributed by atoms with Crippen molar-refractivity contribution < 1.29 is 37.3 Å². The van der Waals surface area contributed by atoms with E-state index in [4.69, 9.17) is 9.29 Å². The molecule has 1 aliphatic rings. The molecule has 2 atom stereocenters. The summed E-state index contributed by atoms with van der Waals surface area (Å²) in [5, 5.41) is 28.9. The summed E-state index contributed by atoms with van der Waals surface area (Å²) in [5.74, 6) is -1.42. The Kier molecular flexibility index (Phi) is 4.68. The fourth-order valence-electron chi connectivity index (χ4n) is 2.55. The minimum absolute atomic E-state index is 0.310. The number of carboxylic acids is 1. The number of amides is 1. The van der Waals surface area contributed by atoms with Crippen LogP contribution in [0.1, 0.15) is 13.3 Å². The molecule has 0 bridgehead atoms. The lowest BCUT2D eigenvalue weighted by atomic mass is 9.99. The van der Waals surface area contributed by atoms with Crippen LogP contribution in [-0.4, -0.2) is 58.7 Å². The number of nitro benzene ring substituents is 1. The van der Waals surface area contributed by atoms with Gasteiger partial charge in [0.15, 0.2) is 0 Å². The highest BCUT2D eigenvalue weighted by atomic mass is 32.2. The molecule has 1 amide bonds. The molecule has 1 heterocycles. The third kappa shape index (κ3) is 3.53. The third-order valence-corrected chi connectivity index (χ3v) is 5.27. The van der Waals surface area contributed by atoms with Gasteiger partial charge in [0.05, 0.1) is 22.5 Å². The highest BCUT2D eigenvalue weighted by Crippen LogP contribution is 2.33. The molecule has 2 N–H and O–H groups in total. The number of nitrogens with zero attached hydrogens (tertiary/aromatic N) is 2. The average molecular weight is 374 g/mol. The second-order valence-corrected chi connectivity index (χ2v) is 7.17. The SMILES string of the molecule is C[C@@]1(C(=O)O)C[C@H](OS(=O)(=O)c2ccc([N+](=O)[O-])cc2)CN1C(=O)O. The van der Waals surface area contributed by atoms with Crippen LogP contribution in [0.25, 0.3) is 0 Å². The number of likely N-dealkylation sites (tertiary alicyclic amines) is 1. The van der Waals surface area contributed by atoms with Crippen molar-refractivity contribution >= 4 is 27.9 Å². The highest BCUT2D eigenvalue weighted by Gasteiger charge is 2.52. The van der Waals surface area contributed by atoms with Crippen molar-refractivity contribution in [2.75, 3.05) is 6.54 Å². The Morgan fingerprint density at radius 1 is 1.32 bits per heavy atom.